The van der Waals surface area contributed by atoms with Crippen LogP contribution in [0.2, 0.25) is 5.02 Å². The van der Waals surface area contributed by atoms with E-state index in [0.717, 1.165) is 54.7 Å². The smallest absolute Gasteiger partial charge is 0.198 e. The van der Waals surface area contributed by atoms with Crippen LogP contribution in [0.15, 0.2) is 47.6 Å². The third kappa shape index (κ3) is 2.35. The summed E-state index contributed by atoms with van der Waals surface area (Å²) in [6.45, 7) is 0. The number of fused-ring (bicyclic) bond motifs is 4. The molecule has 5 heteroatoms. The minimum absolute atomic E-state index is 0.126. The molecule has 2 aromatic rings. The van der Waals surface area contributed by atoms with Gasteiger partial charge in [0.2, 0.25) is 0 Å². The molecule has 2 heterocycles. The van der Waals surface area contributed by atoms with Gasteiger partial charge in [-0.3, -0.25) is 0 Å². The van der Waals surface area contributed by atoms with Gasteiger partial charge in [-0.25, -0.2) is 9.40 Å². The van der Waals surface area contributed by atoms with E-state index >= 15 is 0 Å². The largest absolute Gasteiger partial charge is 0.466 e. The molecule has 2 aromatic carbocycles. The number of nitrogens with zero attached hydrogens (tertiary/aromatic N) is 2. The Kier molecular flexibility index (Phi) is 3.32. The van der Waals surface area contributed by atoms with E-state index in [-0.39, 0.29) is 17.6 Å². The monoisotopic (exact) mass is 356 g/mol. The molecular weight excluding hydrogens is 339 g/mol. The number of rotatable bonds is 1. The summed E-state index contributed by atoms with van der Waals surface area (Å²) < 4.78 is 19.7. The van der Waals surface area contributed by atoms with Crippen molar-refractivity contribution in [3.8, 4) is 5.75 Å². The molecule has 1 fully saturated rings. The highest BCUT2D eigenvalue weighted by atomic mass is 35.5. The van der Waals surface area contributed by atoms with E-state index in [2.05, 4.69) is 5.01 Å². The van der Waals surface area contributed by atoms with E-state index in [0.29, 0.717) is 5.02 Å². The van der Waals surface area contributed by atoms with Crippen LogP contribution in [0.25, 0.3) is 0 Å². The number of hydrogen-bond donors (Lipinski definition) is 0. The van der Waals surface area contributed by atoms with Crippen LogP contribution < -0.4 is 4.74 Å². The highest BCUT2D eigenvalue weighted by Crippen LogP contribution is 2.52. The summed E-state index contributed by atoms with van der Waals surface area (Å²) in [6, 6.07) is 12.5. The molecule has 3 aliphatic rings. The molecule has 0 radical (unpaired) electrons. The first-order valence-electron chi connectivity index (χ1n) is 8.76. The summed E-state index contributed by atoms with van der Waals surface area (Å²) in [4.78, 5) is 0. The summed E-state index contributed by atoms with van der Waals surface area (Å²) in [6.07, 6.45) is 5.03. The van der Waals surface area contributed by atoms with Gasteiger partial charge in [0.05, 0.1) is 11.8 Å². The second-order valence-electron chi connectivity index (χ2n) is 7.06. The molecule has 0 amide bonds. The van der Waals surface area contributed by atoms with Gasteiger partial charge in [0.15, 0.2) is 5.72 Å². The van der Waals surface area contributed by atoms with Crippen LogP contribution in [0.3, 0.4) is 0 Å². The normalized spacial score (nSPS) is 23.2. The van der Waals surface area contributed by atoms with Crippen molar-refractivity contribution in [1.82, 2.24) is 5.01 Å². The summed E-state index contributed by atoms with van der Waals surface area (Å²) in [5.41, 5.74) is 2.68. The maximum Gasteiger partial charge on any atom is 0.198 e. The fraction of sp³-hybridized carbons (Fsp3) is 0.350. The third-order valence-corrected chi connectivity index (χ3v) is 5.76. The van der Waals surface area contributed by atoms with E-state index in [1.807, 2.05) is 18.2 Å². The molecule has 0 saturated heterocycles. The molecule has 0 unspecified atom stereocenters. The molecule has 25 heavy (non-hydrogen) atoms. The molecule has 2 aliphatic heterocycles. The molecule has 0 aromatic heterocycles. The van der Waals surface area contributed by atoms with Crippen molar-refractivity contribution in [2.75, 3.05) is 0 Å². The third-order valence-electron chi connectivity index (χ3n) is 5.52. The van der Waals surface area contributed by atoms with Crippen molar-refractivity contribution in [2.45, 2.75) is 43.9 Å². The Morgan fingerprint density at radius 3 is 2.64 bits per heavy atom. The Morgan fingerprint density at radius 2 is 1.88 bits per heavy atom. The summed E-state index contributed by atoms with van der Waals surface area (Å²) >= 11 is 6.24. The lowest BCUT2D eigenvalue weighted by Gasteiger charge is -2.45. The zero-order valence-electron chi connectivity index (χ0n) is 13.7. The van der Waals surface area contributed by atoms with Gasteiger partial charge in [-0.2, -0.15) is 5.10 Å². The maximum atomic E-state index is 13.3. The number of benzene rings is 2. The van der Waals surface area contributed by atoms with Crippen LogP contribution in [0, 0.1) is 5.82 Å². The van der Waals surface area contributed by atoms with Crippen LogP contribution in [-0.2, 0) is 0 Å². The van der Waals surface area contributed by atoms with Crippen LogP contribution >= 0.6 is 11.6 Å². The summed E-state index contributed by atoms with van der Waals surface area (Å²) in [7, 11) is 0. The van der Waals surface area contributed by atoms with E-state index in [4.69, 9.17) is 21.4 Å². The van der Waals surface area contributed by atoms with Crippen molar-refractivity contribution >= 4 is 17.3 Å². The highest BCUT2D eigenvalue weighted by molar-refractivity contribution is 6.30. The molecule has 1 atom stereocenters. The van der Waals surface area contributed by atoms with Crippen molar-refractivity contribution < 1.29 is 9.13 Å². The fourth-order valence-electron chi connectivity index (χ4n) is 4.33. The first-order chi connectivity index (χ1) is 12.1. The van der Waals surface area contributed by atoms with E-state index in [1.54, 1.807) is 12.1 Å². The van der Waals surface area contributed by atoms with Gasteiger partial charge in [0.1, 0.15) is 11.6 Å². The highest BCUT2D eigenvalue weighted by Gasteiger charge is 2.51. The average Bonchev–Trinajstić information content (AvgIpc) is 3.25. The molecule has 3 nitrogen and oxygen atoms in total. The zero-order chi connectivity index (χ0) is 17.0. The number of hydrazone groups is 1. The van der Waals surface area contributed by atoms with Gasteiger partial charge in [0.25, 0.3) is 0 Å². The van der Waals surface area contributed by atoms with Gasteiger partial charge < -0.3 is 4.74 Å². The Bertz CT molecular complexity index is 858. The Hall–Kier alpha value is -2.07. The molecule has 1 aliphatic carbocycles. The van der Waals surface area contributed by atoms with Gasteiger partial charge in [0, 0.05) is 29.8 Å². The molecule has 0 N–H and O–H groups in total. The van der Waals surface area contributed by atoms with Gasteiger partial charge in [-0.05, 0) is 48.7 Å². The Labute approximate surface area is 151 Å². The van der Waals surface area contributed by atoms with Crippen LogP contribution in [0.5, 0.6) is 5.75 Å². The minimum Gasteiger partial charge on any atom is -0.466 e. The fourth-order valence-corrected chi connectivity index (χ4v) is 4.51. The zero-order valence-corrected chi connectivity index (χ0v) is 14.5. The van der Waals surface area contributed by atoms with Crippen LogP contribution in [0.1, 0.15) is 49.3 Å². The molecule has 0 bridgehead atoms. The Balaban J connectivity index is 1.60. The molecule has 1 saturated carbocycles. The van der Waals surface area contributed by atoms with E-state index < -0.39 is 0 Å². The number of halogens is 2. The molecule has 128 valence electrons. The summed E-state index contributed by atoms with van der Waals surface area (Å²) in [5, 5.41) is 7.79. The van der Waals surface area contributed by atoms with Crippen molar-refractivity contribution in [3.05, 3.63) is 64.4 Å². The first-order valence-corrected chi connectivity index (χ1v) is 9.14. The lowest BCUT2D eigenvalue weighted by Crippen LogP contribution is -2.51. The molecular formula is C20H18ClFN2O. The van der Waals surface area contributed by atoms with E-state index in [1.165, 1.54) is 12.1 Å². The quantitative estimate of drug-likeness (QED) is 0.693. The molecule has 5 rings (SSSR count). The van der Waals surface area contributed by atoms with Crippen LogP contribution in [-0.4, -0.2) is 16.4 Å². The van der Waals surface area contributed by atoms with Crippen molar-refractivity contribution in [1.29, 1.82) is 0 Å². The maximum absolute atomic E-state index is 13.3. The molecule has 1 spiro atoms. The average molecular weight is 357 g/mol. The van der Waals surface area contributed by atoms with Gasteiger partial charge in [-0.15, -0.1) is 0 Å². The predicted molar refractivity (Wildman–Crippen MR) is 95.4 cm³/mol. The SMILES string of the molecule is Fc1ccc(C2=NN3[C@H](C2)c2cc(Cl)ccc2OC32CCCC2)cc1. The van der Waals surface area contributed by atoms with Gasteiger partial charge in [-0.1, -0.05) is 23.7 Å². The number of ether oxygens (including phenoxy) is 1. The second-order valence-corrected chi connectivity index (χ2v) is 7.49. The van der Waals surface area contributed by atoms with Crippen molar-refractivity contribution in [2.24, 2.45) is 5.10 Å². The van der Waals surface area contributed by atoms with E-state index in [9.17, 15) is 4.39 Å². The minimum atomic E-state index is -0.354. The standard InChI is InChI=1S/C20H18ClFN2O/c21-14-5-8-19-16(11-14)18-12-17(13-3-6-15(22)7-4-13)23-24(18)20(25-19)9-1-2-10-20/h3-8,11,18H,1-2,9-10,12H2/t18-/m1/s1. The topological polar surface area (TPSA) is 24.8 Å². The number of hydrogen-bond acceptors (Lipinski definition) is 3. The second kappa shape index (κ2) is 5.46. The Morgan fingerprint density at radius 1 is 1.12 bits per heavy atom. The van der Waals surface area contributed by atoms with Crippen molar-refractivity contribution in [3.63, 3.8) is 0 Å². The lowest BCUT2D eigenvalue weighted by atomic mass is 9.94. The van der Waals surface area contributed by atoms with Gasteiger partial charge >= 0.3 is 0 Å². The summed E-state index contributed by atoms with van der Waals surface area (Å²) in [5.74, 6) is 0.691. The van der Waals surface area contributed by atoms with Crippen LogP contribution in [0.4, 0.5) is 4.39 Å². The first kappa shape index (κ1) is 15.2. The lowest BCUT2D eigenvalue weighted by molar-refractivity contribution is -0.114. The predicted octanol–water partition coefficient (Wildman–Crippen LogP) is 5.29.